The third kappa shape index (κ3) is 3.14. The smallest absolute Gasteiger partial charge is 0.182 e. The van der Waals surface area contributed by atoms with Gasteiger partial charge in [0.05, 0.1) is 0 Å². The van der Waals surface area contributed by atoms with Gasteiger partial charge in [0.1, 0.15) is 9.90 Å². The number of nitrogen functional groups attached to an aromatic ring is 1. The van der Waals surface area contributed by atoms with E-state index < -0.39 is 9.84 Å². The van der Waals surface area contributed by atoms with Crippen LogP contribution in [-0.4, -0.2) is 25.6 Å². The summed E-state index contributed by atoms with van der Waals surface area (Å²) in [7, 11) is -3.31. The molecule has 0 atom stereocenters. The molecule has 1 saturated carbocycles. The van der Waals surface area contributed by atoms with Crippen molar-refractivity contribution in [3.05, 3.63) is 0 Å². The van der Waals surface area contributed by atoms with Crippen LogP contribution in [0.2, 0.25) is 0 Å². The Morgan fingerprint density at radius 1 is 1.39 bits per heavy atom. The average molecular weight is 289 g/mol. The number of aromatic nitrogens is 1. The summed E-state index contributed by atoms with van der Waals surface area (Å²) in [6.07, 6.45) is 7.47. The Hall–Kier alpha value is -0.820. The number of rotatable bonds is 4. The van der Waals surface area contributed by atoms with Crippen molar-refractivity contribution in [1.82, 2.24) is 4.37 Å². The Labute approximate surface area is 112 Å². The molecular formula is C11H19N3O2S2. The maximum absolute atomic E-state index is 11.6. The summed E-state index contributed by atoms with van der Waals surface area (Å²) in [4.78, 5) is 0.156. The van der Waals surface area contributed by atoms with Gasteiger partial charge in [-0.2, -0.15) is 4.37 Å². The van der Waals surface area contributed by atoms with Crippen molar-refractivity contribution in [2.75, 3.05) is 23.9 Å². The van der Waals surface area contributed by atoms with Gasteiger partial charge in [-0.05, 0) is 30.3 Å². The predicted octanol–water partition coefficient (Wildman–Crippen LogP) is 2.12. The lowest BCUT2D eigenvalue weighted by Crippen LogP contribution is -2.17. The number of nitrogens with one attached hydrogen (secondary N) is 1. The van der Waals surface area contributed by atoms with Crippen molar-refractivity contribution < 1.29 is 8.42 Å². The summed E-state index contributed by atoms with van der Waals surface area (Å²) >= 11 is 1.13. The molecule has 0 unspecified atom stereocenters. The van der Waals surface area contributed by atoms with Crippen LogP contribution in [0.3, 0.4) is 0 Å². The molecule has 0 amide bonds. The first-order chi connectivity index (χ1) is 8.48. The first kappa shape index (κ1) is 13.6. The van der Waals surface area contributed by atoms with Crippen LogP contribution in [0.15, 0.2) is 4.90 Å². The van der Waals surface area contributed by atoms with E-state index in [1.165, 1.54) is 38.4 Å². The molecule has 0 aromatic carbocycles. The largest absolute Gasteiger partial charge is 0.382 e. The van der Waals surface area contributed by atoms with E-state index in [9.17, 15) is 8.42 Å². The average Bonchev–Trinajstić information content (AvgIpc) is 2.69. The van der Waals surface area contributed by atoms with Crippen molar-refractivity contribution >= 4 is 32.2 Å². The lowest BCUT2D eigenvalue weighted by Gasteiger charge is -2.21. The zero-order valence-electron chi connectivity index (χ0n) is 10.5. The molecule has 1 fully saturated rings. The van der Waals surface area contributed by atoms with E-state index in [-0.39, 0.29) is 10.7 Å². The fourth-order valence-corrected chi connectivity index (χ4v) is 4.47. The van der Waals surface area contributed by atoms with Crippen LogP contribution in [0.4, 0.5) is 10.8 Å². The van der Waals surface area contributed by atoms with Gasteiger partial charge in [-0.15, -0.1) is 0 Å². The van der Waals surface area contributed by atoms with Gasteiger partial charge in [0, 0.05) is 12.8 Å². The number of hydrogen-bond donors (Lipinski definition) is 2. The molecule has 1 heterocycles. The summed E-state index contributed by atoms with van der Waals surface area (Å²) in [5.41, 5.74) is 5.62. The second kappa shape index (κ2) is 5.44. The first-order valence-corrected chi connectivity index (χ1v) is 8.84. The molecule has 3 N–H and O–H groups in total. The van der Waals surface area contributed by atoms with Gasteiger partial charge in [0.2, 0.25) is 0 Å². The zero-order chi connectivity index (χ0) is 13.2. The van der Waals surface area contributed by atoms with Crippen molar-refractivity contribution in [2.45, 2.75) is 37.0 Å². The molecule has 5 nitrogen and oxygen atoms in total. The summed E-state index contributed by atoms with van der Waals surface area (Å²) in [6.45, 7) is 0.810. The molecule has 7 heteroatoms. The van der Waals surface area contributed by atoms with E-state index in [0.717, 1.165) is 18.1 Å². The summed E-state index contributed by atoms with van der Waals surface area (Å²) in [5, 5.41) is 3.79. The van der Waals surface area contributed by atoms with Crippen molar-refractivity contribution in [2.24, 2.45) is 5.92 Å². The highest BCUT2D eigenvalue weighted by Crippen LogP contribution is 2.32. The topological polar surface area (TPSA) is 85.1 Å². The van der Waals surface area contributed by atoms with E-state index in [1.807, 2.05) is 0 Å². The number of nitrogens with zero attached hydrogens (tertiary/aromatic N) is 1. The zero-order valence-corrected chi connectivity index (χ0v) is 12.1. The Bertz CT molecular complexity index is 504. The van der Waals surface area contributed by atoms with Crippen LogP contribution >= 0.6 is 11.5 Å². The Morgan fingerprint density at radius 3 is 2.67 bits per heavy atom. The highest BCUT2D eigenvalue weighted by molar-refractivity contribution is 7.91. The molecule has 0 aliphatic heterocycles. The van der Waals surface area contributed by atoms with Gasteiger partial charge in [0.15, 0.2) is 15.7 Å². The number of nitrogens with two attached hydrogens (primary N) is 1. The Kier molecular flexibility index (Phi) is 4.11. The molecule has 18 heavy (non-hydrogen) atoms. The van der Waals surface area contributed by atoms with Gasteiger partial charge in [0.25, 0.3) is 0 Å². The third-order valence-electron chi connectivity index (χ3n) is 3.32. The van der Waals surface area contributed by atoms with Crippen LogP contribution in [-0.2, 0) is 9.84 Å². The fourth-order valence-electron chi connectivity index (χ4n) is 2.39. The minimum absolute atomic E-state index is 0.105. The van der Waals surface area contributed by atoms with Crippen LogP contribution < -0.4 is 11.1 Å². The lowest BCUT2D eigenvalue weighted by molar-refractivity contribution is 0.373. The second-order valence-electron chi connectivity index (χ2n) is 4.88. The molecule has 1 aromatic heterocycles. The third-order valence-corrected chi connectivity index (χ3v) is 5.42. The Balaban J connectivity index is 2.05. The molecule has 0 bridgehead atoms. The van der Waals surface area contributed by atoms with Gasteiger partial charge < -0.3 is 11.1 Å². The minimum atomic E-state index is -3.31. The van der Waals surface area contributed by atoms with Gasteiger partial charge in [-0.1, -0.05) is 19.3 Å². The van der Waals surface area contributed by atoms with Crippen LogP contribution in [0.25, 0.3) is 0 Å². The van der Waals surface area contributed by atoms with Gasteiger partial charge in [-0.3, -0.25) is 0 Å². The molecule has 1 aliphatic rings. The summed E-state index contributed by atoms with van der Waals surface area (Å²) < 4.78 is 27.2. The van der Waals surface area contributed by atoms with Crippen molar-refractivity contribution in [3.63, 3.8) is 0 Å². The number of hydrogen-bond acceptors (Lipinski definition) is 6. The monoisotopic (exact) mass is 289 g/mol. The highest BCUT2D eigenvalue weighted by Gasteiger charge is 2.22. The maximum atomic E-state index is 11.6. The predicted molar refractivity (Wildman–Crippen MR) is 74.7 cm³/mol. The van der Waals surface area contributed by atoms with Crippen LogP contribution in [0, 0.1) is 5.92 Å². The summed E-state index contributed by atoms with van der Waals surface area (Å²) in [6, 6.07) is 0. The van der Waals surface area contributed by atoms with Gasteiger partial charge in [-0.25, -0.2) is 8.42 Å². The van der Waals surface area contributed by atoms with E-state index in [1.54, 1.807) is 0 Å². The summed E-state index contributed by atoms with van der Waals surface area (Å²) in [5.74, 6) is 0.739. The van der Waals surface area contributed by atoms with E-state index >= 15 is 0 Å². The first-order valence-electron chi connectivity index (χ1n) is 6.17. The molecule has 102 valence electrons. The van der Waals surface area contributed by atoms with Crippen molar-refractivity contribution in [1.29, 1.82) is 0 Å². The molecule has 0 saturated heterocycles. The quantitative estimate of drug-likeness (QED) is 0.887. The normalized spacial score (nSPS) is 17.8. The molecule has 1 aromatic rings. The molecule has 0 spiro atoms. The Morgan fingerprint density at radius 2 is 2.06 bits per heavy atom. The van der Waals surface area contributed by atoms with Crippen LogP contribution in [0.1, 0.15) is 32.1 Å². The molecular weight excluding hydrogens is 270 g/mol. The standard InChI is InChI=1S/C11H19N3O2S2/c1-18(15,16)9-10(12)14-17-11(9)13-7-8-5-3-2-4-6-8/h8,13H,2-7H2,1H3,(H2,12,14). The fraction of sp³-hybridized carbons (Fsp3) is 0.727. The SMILES string of the molecule is CS(=O)(=O)c1c(N)nsc1NCC1CCCCC1. The van der Waals surface area contributed by atoms with E-state index in [2.05, 4.69) is 9.69 Å². The van der Waals surface area contributed by atoms with Crippen LogP contribution in [0.5, 0.6) is 0 Å². The second-order valence-corrected chi connectivity index (χ2v) is 7.61. The number of sulfone groups is 1. The number of anilines is 2. The lowest BCUT2D eigenvalue weighted by atomic mass is 9.89. The highest BCUT2D eigenvalue weighted by atomic mass is 32.2. The maximum Gasteiger partial charge on any atom is 0.182 e. The van der Waals surface area contributed by atoms with E-state index in [4.69, 9.17) is 5.73 Å². The molecule has 2 rings (SSSR count). The van der Waals surface area contributed by atoms with E-state index in [0.29, 0.717) is 10.9 Å². The minimum Gasteiger partial charge on any atom is -0.382 e. The molecule has 0 radical (unpaired) electrons. The van der Waals surface area contributed by atoms with Gasteiger partial charge >= 0.3 is 0 Å². The molecule has 1 aliphatic carbocycles. The van der Waals surface area contributed by atoms with Crippen molar-refractivity contribution in [3.8, 4) is 0 Å².